The minimum Gasteiger partial charge on any atom is -0.221 e. The van der Waals surface area contributed by atoms with E-state index in [0.29, 0.717) is 0 Å². The maximum atomic E-state index is 3.52. The monoisotopic (exact) mass is 360 g/mol. The van der Waals surface area contributed by atoms with Gasteiger partial charge in [0.1, 0.15) is 0 Å². The molecule has 2 heteroatoms. The first-order chi connectivity index (χ1) is 8.90. The minimum atomic E-state index is 0. The van der Waals surface area contributed by atoms with E-state index in [1.165, 1.54) is 18.4 Å². The number of unbranched alkanes of at least 4 members (excludes halogenated alkanes) is 1. The summed E-state index contributed by atoms with van der Waals surface area (Å²) in [5.74, 6) is 0. The molecule has 0 nitrogen and oxygen atoms in total. The third kappa shape index (κ3) is 6.11. The standard InChI is InChI=1S/C18H18.2Cu/c1-2-3-12-18(17-13-8-5-9-14-17)15-16-10-6-4-7-11-16;;/h4-11,13H,2-3,12H2,1H3;;/q-2;2*+1. The van der Waals surface area contributed by atoms with Crippen molar-refractivity contribution in [2.45, 2.75) is 26.2 Å². The van der Waals surface area contributed by atoms with Gasteiger partial charge in [-0.1, -0.05) is 32.3 Å². The molecule has 0 aromatic heterocycles. The van der Waals surface area contributed by atoms with Crippen LogP contribution in [0.15, 0.2) is 54.6 Å². The second kappa shape index (κ2) is 10.9. The van der Waals surface area contributed by atoms with Gasteiger partial charge in [0.15, 0.2) is 0 Å². The van der Waals surface area contributed by atoms with Crippen LogP contribution in [0.5, 0.6) is 0 Å². The summed E-state index contributed by atoms with van der Waals surface area (Å²) in [6, 6.07) is 21.8. The fraction of sp³-hybridized carbons (Fsp3) is 0.222. The Labute approximate surface area is 143 Å². The van der Waals surface area contributed by atoms with E-state index in [9.17, 15) is 0 Å². The summed E-state index contributed by atoms with van der Waals surface area (Å²) >= 11 is 0. The van der Waals surface area contributed by atoms with Crippen LogP contribution in [-0.2, 0) is 34.1 Å². The van der Waals surface area contributed by atoms with Crippen LogP contribution in [0.4, 0.5) is 0 Å². The number of benzene rings is 2. The second-order valence-electron chi connectivity index (χ2n) is 4.35. The van der Waals surface area contributed by atoms with E-state index in [0.717, 1.165) is 17.5 Å². The average Bonchev–Trinajstić information content (AvgIpc) is 2.45. The molecule has 2 aromatic rings. The van der Waals surface area contributed by atoms with Crippen LogP contribution in [0, 0.1) is 12.1 Å². The maximum absolute atomic E-state index is 3.52. The van der Waals surface area contributed by atoms with E-state index in [1.54, 1.807) is 0 Å². The van der Waals surface area contributed by atoms with Crippen molar-refractivity contribution in [1.29, 1.82) is 0 Å². The van der Waals surface area contributed by atoms with Crippen LogP contribution in [0.1, 0.15) is 37.3 Å². The first kappa shape index (κ1) is 19.2. The first-order valence-electron chi connectivity index (χ1n) is 6.55. The van der Waals surface area contributed by atoms with Gasteiger partial charge in [-0.15, -0.1) is 30.3 Å². The summed E-state index contributed by atoms with van der Waals surface area (Å²) in [6.07, 6.45) is 6.97. The normalized spacial score (nSPS) is 10.3. The predicted octanol–water partition coefficient (Wildman–Crippen LogP) is 4.91. The smallest absolute Gasteiger partial charge is 0.221 e. The van der Waals surface area contributed by atoms with Gasteiger partial charge in [0, 0.05) is 0 Å². The molecule has 0 unspecified atom stereocenters. The molecule has 0 saturated heterocycles. The molecular formula is C18H18Cu2. The number of hydrogen-bond donors (Lipinski definition) is 0. The van der Waals surface area contributed by atoms with E-state index in [2.05, 4.69) is 55.5 Å². The van der Waals surface area contributed by atoms with Crippen molar-refractivity contribution in [1.82, 2.24) is 0 Å². The molecule has 112 valence electrons. The zero-order valence-electron chi connectivity index (χ0n) is 11.4. The molecule has 0 heterocycles. The van der Waals surface area contributed by atoms with Gasteiger partial charge in [0.25, 0.3) is 0 Å². The Bertz CT molecular complexity index is 489. The van der Waals surface area contributed by atoms with E-state index in [4.69, 9.17) is 0 Å². The van der Waals surface area contributed by atoms with Crippen molar-refractivity contribution >= 4 is 5.57 Å². The Morgan fingerprint density at radius 3 is 2.30 bits per heavy atom. The first-order valence-corrected chi connectivity index (χ1v) is 6.55. The van der Waals surface area contributed by atoms with Gasteiger partial charge in [0.2, 0.25) is 0 Å². The molecule has 0 radical (unpaired) electrons. The number of hydrogen-bond acceptors (Lipinski definition) is 0. The molecular weight excluding hydrogens is 343 g/mol. The summed E-state index contributed by atoms with van der Waals surface area (Å²) in [5, 5.41) is 0. The topological polar surface area (TPSA) is 0 Å². The largest absolute Gasteiger partial charge is 1.00 e. The Balaban J connectivity index is 0.00000180. The van der Waals surface area contributed by atoms with Crippen molar-refractivity contribution in [2.75, 3.05) is 0 Å². The van der Waals surface area contributed by atoms with Crippen LogP contribution in [0.2, 0.25) is 0 Å². The second-order valence-corrected chi connectivity index (χ2v) is 4.35. The Hall–Kier alpha value is -0.781. The van der Waals surface area contributed by atoms with Gasteiger partial charge in [-0.2, -0.15) is 35.9 Å². The summed E-state index contributed by atoms with van der Waals surface area (Å²) in [7, 11) is 0. The van der Waals surface area contributed by atoms with Crippen molar-refractivity contribution < 1.29 is 34.1 Å². The zero-order chi connectivity index (χ0) is 12.6. The van der Waals surface area contributed by atoms with Gasteiger partial charge in [-0.05, 0) is 0 Å². The van der Waals surface area contributed by atoms with Gasteiger partial charge in [0.05, 0.1) is 0 Å². The van der Waals surface area contributed by atoms with Crippen molar-refractivity contribution in [3.05, 3.63) is 77.9 Å². The van der Waals surface area contributed by atoms with Crippen LogP contribution in [-0.4, -0.2) is 0 Å². The van der Waals surface area contributed by atoms with Crippen molar-refractivity contribution in [3.8, 4) is 0 Å². The molecule has 0 aliphatic heterocycles. The molecule has 0 spiro atoms. The van der Waals surface area contributed by atoms with E-state index < -0.39 is 0 Å². The summed E-state index contributed by atoms with van der Waals surface area (Å²) in [4.78, 5) is 0. The molecule has 0 saturated carbocycles. The van der Waals surface area contributed by atoms with Gasteiger partial charge in [-0.3, -0.25) is 0 Å². The fourth-order valence-electron chi connectivity index (χ4n) is 1.89. The summed E-state index contributed by atoms with van der Waals surface area (Å²) < 4.78 is 0. The van der Waals surface area contributed by atoms with Crippen LogP contribution in [0.25, 0.3) is 5.57 Å². The summed E-state index contributed by atoms with van der Waals surface area (Å²) in [5.41, 5.74) is 3.55. The number of rotatable bonds is 5. The maximum Gasteiger partial charge on any atom is 1.00 e. The quantitative estimate of drug-likeness (QED) is 0.403. The average molecular weight is 361 g/mol. The molecule has 2 rings (SSSR count). The van der Waals surface area contributed by atoms with Gasteiger partial charge in [-0.25, -0.2) is 11.1 Å². The Kier molecular flexibility index (Phi) is 10.5. The van der Waals surface area contributed by atoms with E-state index >= 15 is 0 Å². The molecule has 0 amide bonds. The minimum absolute atomic E-state index is 0. The number of allylic oxidation sites excluding steroid dienone is 1. The third-order valence-electron chi connectivity index (χ3n) is 2.88. The molecule has 0 atom stereocenters. The Morgan fingerprint density at radius 1 is 1.00 bits per heavy atom. The summed E-state index contributed by atoms with van der Waals surface area (Å²) in [6.45, 7) is 2.22. The van der Waals surface area contributed by atoms with E-state index in [-0.39, 0.29) is 34.1 Å². The molecule has 0 bridgehead atoms. The zero-order valence-corrected chi connectivity index (χ0v) is 13.3. The SMILES string of the molecule is CCCCC(=[C-]c1ccccc1)c1[c-]cccc1.[Cu+].[Cu+]. The van der Waals surface area contributed by atoms with E-state index in [1.807, 2.05) is 18.2 Å². The molecule has 0 N–H and O–H groups in total. The van der Waals surface area contributed by atoms with Crippen molar-refractivity contribution in [3.63, 3.8) is 0 Å². The molecule has 0 fully saturated rings. The van der Waals surface area contributed by atoms with Crippen LogP contribution < -0.4 is 0 Å². The fourth-order valence-corrected chi connectivity index (χ4v) is 1.89. The third-order valence-corrected chi connectivity index (χ3v) is 2.88. The molecule has 2 aromatic carbocycles. The molecule has 20 heavy (non-hydrogen) atoms. The van der Waals surface area contributed by atoms with Crippen LogP contribution in [0.3, 0.4) is 0 Å². The van der Waals surface area contributed by atoms with Gasteiger partial charge < -0.3 is 0 Å². The Morgan fingerprint density at radius 2 is 1.70 bits per heavy atom. The van der Waals surface area contributed by atoms with Crippen LogP contribution >= 0.6 is 0 Å². The predicted molar refractivity (Wildman–Crippen MR) is 77.0 cm³/mol. The van der Waals surface area contributed by atoms with Gasteiger partial charge >= 0.3 is 34.1 Å². The molecule has 0 aliphatic carbocycles. The molecule has 0 aliphatic rings. The van der Waals surface area contributed by atoms with Crippen molar-refractivity contribution in [2.24, 2.45) is 0 Å².